The number of carbonyl (C=O) groups excluding carboxylic acids is 1. The van der Waals surface area contributed by atoms with Crippen LogP contribution in [0.2, 0.25) is 0 Å². The lowest BCUT2D eigenvalue weighted by atomic mass is 10.1. The van der Waals surface area contributed by atoms with E-state index in [-0.39, 0.29) is 23.3 Å². The normalized spacial score (nSPS) is 10.5. The highest BCUT2D eigenvalue weighted by molar-refractivity contribution is 6.00. The highest BCUT2D eigenvalue weighted by atomic mass is 16.6. The topological polar surface area (TPSA) is 84.7 Å². The summed E-state index contributed by atoms with van der Waals surface area (Å²) in [5.74, 6) is -0.282. The summed E-state index contributed by atoms with van der Waals surface area (Å²) in [5.41, 5.74) is 0.727. The summed E-state index contributed by atoms with van der Waals surface area (Å²) in [4.78, 5) is 24.2. The Morgan fingerprint density at radius 1 is 1.48 bits per heavy atom. The highest BCUT2D eigenvalue weighted by Crippen LogP contribution is 2.23. The largest absolute Gasteiger partial charge is 0.387 e. The molecule has 21 heavy (non-hydrogen) atoms. The molecule has 116 valence electrons. The number of nitrogens with zero attached hydrogens (tertiary/aromatic N) is 2. The molecule has 0 spiro atoms. The number of carbonyl (C=O) groups is 1. The van der Waals surface area contributed by atoms with Gasteiger partial charge in [0.1, 0.15) is 0 Å². The number of nitrogens with one attached hydrogen (secondary N) is 1. The zero-order chi connectivity index (χ0) is 16.0. The molecule has 1 aromatic carbocycles. The lowest BCUT2D eigenvalue weighted by Crippen LogP contribution is -2.31. The van der Waals surface area contributed by atoms with Crippen LogP contribution in [0.1, 0.15) is 24.2 Å². The Morgan fingerprint density at radius 3 is 2.67 bits per heavy atom. The summed E-state index contributed by atoms with van der Waals surface area (Å²) >= 11 is 0. The Balaban J connectivity index is 2.89. The molecule has 0 saturated carbocycles. The van der Waals surface area contributed by atoms with Crippen LogP contribution in [0.15, 0.2) is 18.2 Å². The molecule has 0 bridgehead atoms. The van der Waals surface area contributed by atoms with Gasteiger partial charge in [-0.15, -0.1) is 0 Å². The molecule has 0 radical (unpaired) electrons. The SMILES string of the molecule is CNc1ccc([N+](=O)[O-])cc1C(=O)N(C)CCOC(C)C. The average Bonchev–Trinajstić information content (AvgIpc) is 2.45. The quantitative estimate of drug-likeness (QED) is 0.615. The lowest BCUT2D eigenvalue weighted by Gasteiger charge is -2.19. The Kier molecular flexibility index (Phi) is 6.10. The number of nitro benzene ring substituents is 1. The van der Waals surface area contributed by atoms with E-state index >= 15 is 0 Å². The fourth-order valence-electron chi connectivity index (χ4n) is 1.77. The number of anilines is 1. The van der Waals surface area contributed by atoms with Crippen LogP contribution in [0.4, 0.5) is 11.4 Å². The summed E-state index contributed by atoms with van der Waals surface area (Å²) in [6, 6.07) is 4.18. The molecule has 1 amide bonds. The van der Waals surface area contributed by atoms with Gasteiger partial charge < -0.3 is 15.0 Å². The van der Waals surface area contributed by atoms with Crippen LogP contribution >= 0.6 is 0 Å². The number of hydrogen-bond donors (Lipinski definition) is 1. The second-order valence-corrected chi connectivity index (χ2v) is 4.88. The van der Waals surface area contributed by atoms with E-state index in [0.717, 1.165) is 0 Å². The molecule has 1 N–H and O–H groups in total. The van der Waals surface area contributed by atoms with Gasteiger partial charge in [-0.1, -0.05) is 0 Å². The molecule has 7 heteroatoms. The first-order valence-corrected chi connectivity index (χ1v) is 6.70. The van der Waals surface area contributed by atoms with Crippen LogP contribution < -0.4 is 5.32 Å². The second-order valence-electron chi connectivity index (χ2n) is 4.88. The van der Waals surface area contributed by atoms with E-state index in [4.69, 9.17) is 4.74 Å². The molecule has 0 unspecified atom stereocenters. The van der Waals surface area contributed by atoms with Gasteiger partial charge >= 0.3 is 0 Å². The van der Waals surface area contributed by atoms with E-state index < -0.39 is 4.92 Å². The van der Waals surface area contributed by atoms with Crippen molar-refractivity contribution in [1.82, 2.24) is 4.90 Å². The maximum atomic E-state index is 12.4. The van der Waals surface area contributed by atoms with Crippen molar-refractivity contribution in [3.63, 3.8) is 0 Å². The van der Waals surface area contributed by atoms with Gasteiger partial charge in [-0.05, 0) is 19.9 Å². The van der Waals surface area contributed by atoms with Crippen LogP contribution in [-0.2, 0) is 4.74 Å². The zero-order valence-electron chi connectivity index (χ0n) is 12.8. The van der Waals surface area contributed by atoms with Crippen molar-refractivity contribution in [3.05, 3.63) is 33.9 Å². The summed E-state index contributed by atoms with van der Waals surface area (Å²) in [6.45, 7) is 4.68. The third-order valence-electron chi connectivity index (χ3n) is 2.94. The van der Waals surface area contributed by atoms with E-state index in [1.807, 2.05) is 13.8 Å². The van der Waals surface area contributed by atoms with E-state index in [1.54, 1.807) is 14.1 Å². The number of rotatable bonds is 7. The number of non-ortho nitro benzene ring substituents is 1. The van der Waals surface area contributed by atoms with E-state index in [9.17, 15) is 14.9 Å². The Labute approximate surface area is 124 Å². The van der Waals surface area contributed by atoms with Crippen LogP contribution in [0.5, 0.6) is 0 Å². The third-order valence-corrected chi connectivity index (χ3v) is 2.94. The first kappa shape index (κ1) is 16.9. The Morgan fingerprint density at radius 2 is 2.14 bits per heavy atom. The average molecular weight is 295 g/mol. The van der Waals surface area contributed by atoms with Gasteiger partial charge in [0.2, 0.25) is 0 Å². The van der Waals surface area contributed by atoms with Gasteiger partial charge in [0, 0.05) is 38.5 Å². The van der Waals surface area contributed by atoms with E-state index in [2.05, 4.69) is 5.32 Å². The lowest BCUT2D eigenvalue weighted by molar-refractivity contribution is -0.384. The minimum atomic E-state index is -0.516. The third kappa shape index (κ3) is 4.71. The minimum Gasteiger partial charge on any atom is -0.387 e. The zero-order valence-corrected chi connectivity index (χ0v) is 12.8. The van der Waals surface area contributed by atoms with E-state index in [1.165, 1.54) is 23.1 Å². The highest BCUT2D eigenvalue weighted by Gasteiger charge is 2.19. The first-order chi connectivity index (χ1) is 9.86. The van der Waals surface area contributed by atoms with Crippen molar-refractivity contribution >= 4 is 17.3 Å². The molecule has 0 saturated heterocycles. The summed E-state index contributed by atoms with van der Waals surface area (Å²) in [6.07, 6.45) is 0.0965. The van der Waals surface area contributed by atoms with Gasteiger partial charge in [-0.2, -0.15) is 0 Å². The molecular formula is C14H21N3O4. The molecular weight excluding hydrogens is 274 g/mol. The van der Waals surface area contributed by atoms with Crippen LogP contribution in [0.25, 0.3) is 0 Å². The van der Waals surface area contributed by atoms with Crippen LogP contribution in [0.3, 0.4) is 0 Å². The monoisotopic (exact) mass is 295 g/mol. The second kappa shape index (κ2) is 7.58. The van der Waals surface area contributed by atoms with Crippen molar-refractivity contribution < 1.29 is 14.5 Å². The standard InChI is InChI=1S/C14H21N3O4/c1-10(2)21-8-7-16(4)14(18)12-9-11(17(19)20)5-6-13(12)15-3/h5-6,9-10,15H,7-8H2,1-4H3. The molecule has 7 nitrogen and oxygen atoms in total. The Bertz CT molecular complexity index is 517. The molecule has 0 aromatic heterocycles. The van der Waals surface area contributed by atoms with Gasteiger partial charge in [0.25, 0.3) is 11.6 Å². The minimum absolute atomic E-state index is 0.0965. The van der Waals surface area contributed by atoms with Gasteiger partial charge in [0.15, 0.2) is 0 Å². The van der Waals surface area contributed by atoms with Crippen molar-refractivity contribution in [3.8, 4) is 0 Å². The van der Waals surface area contributed by atoms with E-state index in [0.29, 0.717) is 18.8 Å². The molecule has 0 aliphatic rings. The van der Waals surface area contributed by atoms with Crippen LogP contribution in [0, 0.1) is 10.1 Å². The van der Waals surface area contributed by atoms with Crippen molar-refractivity contribution in [2.24, 2.45) is 0 Å². The summed E-state index contributed by atoms with van der Waals surface area (Å²) in [7, 11) is 3.31. The smallest absolute Gasteiger partial charge is 0.270 e. The van der Waals surface area contributed by atoms with Crippen molar-refractivity contribution in [2.75, 3.05) is 32.6 Å². The van der Waals surface area contributed by atoms with Gasteiger partial charge in [-0.25, -0.2) is 0 Å². The van der Waals surface area contributed by atoms with Crippen LogP contribution in [-0.4, -0.2) is 49.1 Å². The first-order valence-electron chi connectivity index (χ1n) is 6.70. The summed E-state index contributed by atoms with van der Waals surface area (Å²) in [5, 5.41) is 13.7. The van der Waals surface area contributed by atoms with Crippen molar-refractivity contribution in [1.29, 1.82) is 0 Å². The molecule has 1 aromatic rings. The summed E-state index contributed by atoms with van der Waals surface area (Å²) < 4.78 is 5.40. The number of nitro groups is 1. The van der Waals surface area contributed by atoms with Crippen molar-refractivity contribution in [2.45, 2.75) is 20.0 Å². The fraction of sp³-hybridized carbons (Fsp3) is 0.500. The Hall–Kier alpha value is -2.15. The van der Waals surface area contributed by atoms with Gasteiger partial charge in [0.05, 0.1) is 23.2 Å². The number of hydrogen-bond acceptors (Lipinski definition) is 5. The van der Waals surface area contributed by atoms with Gasteiger partial charge in [-0.3, -0.25) is 14.9 Å². The molecule has 1 rings (SSSR count). The maximum absolute atomic E-state index is 12.4. The predicted octanol–water partition coefficient (Wildman–Crippen LogP) is 2.13. The maximum Gasteiger partial charge on any atom is 0.270 e. The fourth-order valence-corrected chi connectivity index (χ4v) is 1.77. The molecule has 0 atom stereocenters. The number of likely N-dealkylation sites (N-methyl/N-ethyl adjacent to an activating group) is 1. The predicted molar refractivity (Wildman–Crippen MR) is 80.7 cm³/mol. The number of amides is 1. The number of ether oxygens (including phenoxy) is 1. The number of benzene rings is 1. The molecule has 0 aliphatic carbocycles. The molecule has 0 heterocycles. The molecule has 0 fully saturated rings. The molecule has 0 aliphatic heterocycles.